The number of hydrogen-bond donors (Lipinski definition) is 0. The first-order valence-electron chi connectivity index (χ1n) is 10.7. The Morgan fingerprint density at radius 2 is 1.53 bits per heavy atom. The molecule has 1 heterocycles. The summed E-state index contributed by atoms with van der Waals surface area (Å²) in [6, 6.07) is 26.0. The number of rotatable bonds is 8. The van der Waals surface area contributed by atoms with Gasteiger partial charge in [-0.25, -0.2) is 4.98 Å². The van der Waals surface area contributed by atoms with Crippen LogP contribution >= 0.6 is 0 Å². The van der Waals surface area contributed by atoms with E-state index in [2.05, 4.69) is 48.3 Å². The van der Waals surface area contributed by atoms with Crippen molar-refractivity contribution in [3.8, 4) is 17.0 Å². The Kier molecular flexibility index (Phi) is 6.71. The third-order valence-electron chi connectivity index (χ3n) is 5.42. The molecule has 0 spiro atoms. The third kappa shape index (κ3) is 5.46. The van der Waals surface area contributed by atoms with Gasteiger partial charge in [-0.15, -0.1) is 0 Å². The number of aromatic nitrogens is 2. The Balaban J connectivity index is 1.59. The summed E-state index contributed by atoms with van der Waals surface area (Å²) in [6.45, 7) is 2.06. The SMILES string of the molecule is COc1ccc(CC(=O)Cc2ncc(-c3ccc(C)cc3)nc2Cc2ccccc2)cc1. The molecule has 0 atom stereocenters. The Morgan fingerprint density at radius 1 is 0.812 bits per heavy atom. The lowest BCUT2D eigenvalue weighted by atomic mass is 10.0. The van der Waals surface area contributed by atoms with E-state index in [-0.39, 0.29) is 12.2 Å². The Bertz CT molecular complexity index is 1180. The van der Waals surface area contributed by atoms with Crippen LogP contribution in [-0.4, -0.2) is 22.9 Å². The zero-order chi connectivity index (χ0) is 22.3. The number of aryl methyl sites for hydroxylation is 1. The van der Waals surface area contributed by atoms with Crippen LogP contribution in [0.15, 0.2) is 85.1 Å². The fourth-order valence-corrected chi connectivity index (χ4v) is 3.61. The second kappa shape index (κ2) is 10.0. The van der Waals surface area contributed by atoms with Crippen LogP contribution in [0.5, 0.6) is 5.75 Å². The standard InChI is InChI=1S/C28H26N2O2/c1-20-8-12-23(13-9-20)28-19-29-26(27(30-28)17-21-6-4-3-5-7-21)18-24(31)16-22-10-14-25(32-2)15-11-22/h3-15,19H,16-18H2,1-2H3. The number of hydrogen-bond acceptors (Lipinski definition) is 4. The summed E-state index contributed by atoms with van der Waals surface area (Å²) in [4.78, 5) is 22.4. The smallest absolute Gasteiger partial charge is 0.143 e. The molecule has 0 bridgehead atoms. The summed E-state index contributed by atoms with van der Waals surface area (Å²) >= 11 is 0. The lowest BCUT2D eigenvalue weighted by Crippen LogP contribution is -2.12. The molecule has 0 radical (unpaired) electrons. The minimum atomic E-state index is 0.113. The van der Waals surface area contributed by atoms with E-state index in [1.165, 1.54) is 5.56 Å². The molecule has 0 saturated carbocycles. The van der Waals surface area contributed by atoms with Crippen molar-refractivity contribution >= 4 is 5.78 Å². The summed E-state index contributed by atoms with van der Waals surface area (Å²) < 4.78 is 5.19. The molecule has 4 aromatic rings. The van der Waals surface area contributed by atoms with Gasteiger partial charge in [-0.05, 0) is 30.2 Å². The van der Waals surface area contributed by atoms with Gasteiger partial charge in [0, 0.05) is 18.4 Å². The van der Waals surface area contributed by atoms with E-state index >= 15 is 0 Å². The molecular weight excluding hydrogens is 396 g/mol. The van der Waals surface area contributed by atoms with Crippen LogP contribution in [0.2, 0.25) is 0 Å². The van der Waals surface area contributed by atoms with Crippen LogP contribution in [0.3, 0.4) is 0 Å². The highest BCUT2D eigenvalue weighted by atomic mass is 16.5. The zero-order valence-electron chi connectivity index (χ0n) is 18.4. The van der Waals surface area contributed by atoms with E-state index in [0.29, 0.717) is 12.8 Å². The van der Waals surface area contributed by atoms with E-state index in [1.807, 2.05) is 42.5 Å². The average molecular weight is 423 g/mol. The maximum absolute atomic E-state index is 12.8. The average Bonchev–Trinajstić information content (AvgIpc) is 2.82. The molecule has 0 aliphatic rings. The molecule has 0 amide bonds. The fraction of sp³-hybridized carbons (Fsp3) is 0.179. The van der Waals surface area contributed by atoms with Crippen molar-refractivity contribution in [2.45, 2.75) is 26.2 Å². The number of carbonyl (C=O) groups excluding carboxylic acids is 1. The molecule has 160 valence electrons. The maximum Gasteiger partial charge on any atom is 0.143 e. The lowest BCUT2D eigenvalue weighted by Gasteiger charge is -2.11. The van der Waals surface area contributed by atoms with Crippen LogP contribution < -0.4 is 4.74 Å². The van der Waals surface area contributed by atoms with Crippen molar-refractivity contribution in [3.63, 3.8) is 0 Å². The molecule has 4 rings (SSSR count). The predicted molar refractivity (Wildman–Crippen MR) is 127 cm³/mol. The highest BCUT2D eigenvalue weighted by Gasteiger charge is 2.14. The van der Waals surface area contributed by atoms with E-state index in [1.54, 1.807) is 13.3 Å². The van der Waals surface area contributed by atoms with Gasteiger partial charge in [0.15, 0.2) is 0 Å². The number of ether oxygens (including phenoxy) is 1. The van der Waals surface area contributed by atoms with Gasteiger partial charge in [0.25, 0.3) is 0 Å². The van der Waals surface area contributed by atoms with Crippen molar-refractivity contribution in [2.75, 3.05) is 7.11 Å². The van der Waals surface area contributed by atoms with Crippen LogP contribution in [0.25, 0.3) is 11.3 Å². The molecule has 1 aromatic heterocycles. The molecular formula is C28H26N2O2. The van der Waals surface area contributed by atoms with Gasteiger partial charge >= 0.3 is 0 Å². The normalized spacial score (nSPS) is 10.7. The van der Waals surface area contributed by atoms with Gasteiger partial charge < -0.3 is 4.74 Å². The van der Waals surface area contributed by atoms with Crippen molar-refractivity contribution in [2.24, 2.45) is 0 Å². The van der Waals surface area contributed by atoms with Crippen LogP contribution in [-0.2, 0) is 24.1 Å². The Labute approximate surface area is 189 Å². The Morgan fingerprint density at radius 3 is 2.22 bits per heavy atom. The summed E-state index contributed by atoms with van der Waals surface area (Å²) in [5.74, 6) is 0.894. The highest BCUT2D eigenvalue weighted by Crippen LogP contribution is 2.21. The van der Waals surface area contributed by atoms with Crippen LogP contribution in [0, 0.1) is 6.92 Å². The molecule has 4 heteroatoms. The molecule has 4 nitrogen and oxygen atoms in total. The van der Waals surface area contributed by atoms with Crippen molar-refractivity contribution < 1.29 is 9.53 Å². The van der Waals surface area contributed by atoms with Gasteiger partial charge in [-0.2, -0.15) is 0 Å². The summed E-state index contributed by atoms with van der Waals surface area (Å²) in [6.07, 6.45) is 3.03. The number of carbonyl (C=O) groups is 1. The number of ketones is 1. The van der Waals surface area contributed by atoms with Gasteiger partial charge in [-0.3, -0.25) is 9.78 Å². The maximum atomic E-state index is 12.8. The summed E-state index contributed by atoms with van der Waals surface area (Å²) in [5, 5.41) is 0. The Hall–Kier alpha value is -3.79. The number of methoxy groups -OCH3 is 1. The lowest BCUT2D eigenvalue weighted by molar-refractivity contribution is -0.117. The van der Waals surface area contributed by atoms with Crippen molar-refractivity contribution in [1.82, 2.24) is 9.97 Å². The third-order valence-corrected chi connectivity index (χ3v) is 5.42. The molecule has 0 saturated heterocycles. The largest absolute Gasteiger partial charge is 0.497 e. The van der Waals surface area contributed by atoms with Crippen LogP contribution in [0.4, 0.5) is 0 Å². The van der Waals surface area contributed by atoms with Crippen molar-refractivity contribution in [3.05, 3.63) is 113 Å². The molecule has 32 heavy (non-hydrogen) atoms. The minimum absolute atomic E-state index is 0.113. The summed E-state index contributed by atoms with van der Waals surface area (Å²) in [5.41, 5.74) is 6.74. The minimum Gasteiger partial charge on any atom is -0.497 e. The van der Waals surface area contributed by atoms with Crippen molar-refractivity contribution in [1.29, 1.82) is 0 Å². The second-order valence-corrected chi connectivity index (χ2v) is 7.92. The van der Waals surface area contributed by atoms with Gasteiger partial charge in [0.1, 0.15) is 11.5 Å². The number of Topliss-reactive ketones (excluding diaryl/α,β-unsaturated/α-hetero) is 1. The quantitative estimate of drug-likeness (QED) is 0.381. The van der Waals surface area contributed by atoms with Gasteiger partial charge in [0.05, 0.1) is 36.8 Å². The monoisotopic (exact) mass is 422 g/mol. The topological polar surface area (TPSA) is 52.1 Å². The van der Waals surface area contributed by atoms with E-state index in [0.717, 1.165) is 39.5 Å². The van der Waals surface area contributed by atoms with E-state index < -0.39 is 0 Å². The molecule has 0 aliphatic carbocycles. The highest BCUT2D eigenvalue weighted by molar-refractivity contribution is 5.83. The summed E-state index contributed by atoms with van der Waals surface area (Å²) in [7, 11) is 1.63. The van der Waals surface area contributed by atoms with Crippen LogP contribution in [0.1, 0.15) is 28.1 Å². The molecule has 3 aromatic carbocycles. The first-order chi connectivity index (χ1) is 15.6. The molecule has 0 aliphatic heterocycles. The first-order valence-corrected chi connectivity index (χ1v) is 10.7. The van der Waals surface area contributed by atoms with E-state index in [4.69, 9.17) is 9.72 Å². The molecule has 0 fully saturated rings. The fourth-order valence-electron chi connectivity index (χ4n) is 3.61. The predicted octanol–water partition coefficient (Wildman–Crippen LogP) is 5.41. The number of benzene rings is 3. The number of nitrogens with zero attached hydrogens (tertiary/aromatic N) is 2. The second-order valence-electron chi connectivity index (χ2n) is 7.92. The zero-order valence-corrected chi connectivity index (χ0v) is 18.4. The molecule has 0 N–H and O–H groups in total. The first kappa shape index (κ1) is 21.4. The van der Waals surface area contributed by atoms with Gasteiger partial charge in [-0.1, -0.05) is 72.3 Å². The van der Waals surface area contributed by atoms with E-state index in [9.17, 15) is 4.79 Å². The van der Waals surface area contributed by atoms with Gasteiger partial charge in [0.2, 0.25) is 0 Å². The molecule has 0 unspecified atom stereocenters.